The Labute approximate surface area is 190 Å². The van der Waals surface area contributed by atoms with Crippen LogP contribution in [0.2, 0.25) is 0 Å². The average molecular weight is 446 g/mol. The normalized spacial score (nSPS) is 18.0. The highest BCUT2D eigenvalue weighted by Crippen LogP contribution is 2.42. The Kier molecular flexibility index (Phi) is 6.13. The standard InChI is InChI=1S/C18H14O5.C8H8O2/c1-21-11-6-7-13-15(8-11)22-9-18(16(13)19)10-23-17(20)12-4-2-3-5-14(12)18;1-10-8(9)7-5-3-2-4-6-7/h2-8H,9-10H2,1H3;2-6H,1H3. The molecule has 1 spiro atoms. The molecule has 7 heteroatoms. The molecule has 0 radical (unpaired) electrons. The minimum atomic E-state index is -0.980. The number of cyclic esters (lactones) is 1. The van der Waals surface area contributed by atoms with Crippen LogP contribution in [0.25, 0.3) is 0 Å². The van der Waals surface area contributed by atoms with E-state index in [0.29, 0.717) is 33.8 Å². The summed E-state index contributed by atoms with van der Waals surface area (Å²) in [5.41, 5.74) is 1.18. The highest BCUT2D eigenvalue weighted by molar-refractivity contribution is 6.10. The fourth-order valence-electron chi connectivity index (χ4n) is 3.88. The summed E-state index contributed by atoms with van der Waals surface area (Å²) in [4.78, 5) is 35.9. The van der Waals surface area contributed by atoms with E-state index in [1.807, 2.05) is 12.1 Å². The van der Waals surface area contributed by atoms with Crippen molar-refractivity contribution in [3.05, 3.63) is 95.1 Å². The molecule has 0 bridgehead atoms. The highest BCUT2D eigenvalue weighted by atomic mass is 16.5. The van der Waals surface area contributed by atoms with Gasteiger partial charge in [0.05, 0.1) is 30.9 Å². The molecule has 0 N–H and O–H groups in total. The Morgan fingerprint density at radius 2 is 1.55 bits per heavy atom. The minimum Gasteiger partial charge on any atom is -0.497 e. The summed E-state index contributed by atoms with van der Waals surface area (Å²) in [5, 5.41) is 0. The first-order chi connectivity index (χ1) is 16.0. The molecule has 3 aromatic carbocycles. The van der Waals surface area contributed by atoms with E-state index < -0.39 is 11.4 Å². The molecule has 1 atom stereocenters. The van der Waals surface area contributed by atoms with Gasteiger partial charge in [0.25, 0.3) is 0 Å². The van der Waals surface area contributed by atoms with Crippen LogP contribution in [0, 0.1) is 0 Å². The van der Waals surface area contributed by atoms with Gasteiger partial charge in [-0.05, 0) is 35.9 Å². The molecule has 0 aliphatic carbocycles. The minimum absolute atomic E-state index is 0.00680. The predicted octanol–water partition coefficient (Wildman–Crippen LogP) is 3.85. The van der Waals surface area contributed by atoms with Gasteiger partial charge in [0.1, 0.15) is 30.1 Å². The van der Waals surface area contributed by atoms with Crippen LogP contribution in [-0.4, -0.2) is 45.2 Å². The van der Waals surface area contributed by atoms with E-state index in [1.165, 1.54) is 7.11 Å². The Hall–Kier alpha value is -4.13. The molecule has 0 saturated carbocycles. The maximum Gasteiger partial charge on any atom is 0.338 e. The second-order valence-electron chi connectivity index (χ2n) is 7.54. The summed E-state index contributed by atoms with van der Waals surface area (Å²) >= 11 is 0. The summed E-state index contributed by atoms with van der Waals surface area (Å²) < 4.78 is 20.8. The number of methoxy groups -OCH3 is 2. The molecule has 168 valence electrons. The summed E-state index contributed by atoms with van der Waals surface area (Å²) in [6.45, 7) is 0.128. The van der Waals surface area contributed by atoms with Gasteiger partial charge in [0.15, 0.2) is 5.78 Å². The number of carbonyl (C=O) groups is 3. The molecule has 5 rings (SSSR count). The predicted molar refractivity (Wildman–Crippen MR) is 119 cm³/mol. The van der Waals surface area contributed by atoms with Gasteiger partial charge in [-0.15, -0.1) is 0 Å². The molecule has 0 aromatic heterocycles. The molecule has 0 saturated heterocycles. The van der Waals surface area contributed by atoms with Gasteiger partial charge in [-0.2, -0.15) is 0 Å². The van der Waals surface area contributed by atoms with E-state index in [9.17, 15) is 14.4 Å². The second-order valence-corrected chi connectivity index (χ2v) is 7.54. The van der Waals surface area contributed by atoms with Gasteiger partial charge in [-0.1, -0.05) is 36.4 Å². The van der Waals surface area contributed by atoms with E-state index in [4.69, 9.17) is 14.2 Å². The van der Waals surface area contributed by atoms with Crippen LogP contribution < -0.4 is 9.47 Å². The number of benzene rings is 3. The number of rotatable bonds is 2. The zero-order valence-corrected chi connectivity index (χ0v) is 18.2. The Balaban J connectivity index is 0.000000219. The van der Waals surface area contributed by atoms with Crippen molar-refractivity contribution in [3.63, 3.8) is 0 Å². The fraction of sp³-hybridized carbons (Fsp3) is 0.192. The first-order valence-electron chi connectivity index (χ1n) is 10.3. The lowest BCUT2D eigenvalue weighted by Crippen LogP contribution is -2.52. The first kappa shape index (κ1) is 22.1. The summed E-state index contributed by atoms with van der Waals surface area (Å²) in [7, 11) is 2.93. The lowest BCUT2D eigenvalue weighted by atomic mass is 9.71. The van der Waals surface area contributed by atoms with Gasteiger partial charge in [-0.25, -0.2) is 9.59 Å². The Bertz CT molecular complexity index is 1200. The number of esters is 2. The van der Waals surface area contributed by atoms with Gasteiger partial charge >= 0.3 is 11.9 Å². The van der Waals surface area contributed by atoms with Crippen molar-refractivity contribution in [1.82, 2.24) is 0 Å². The molecule has 2 aliphatic heterocycles. The van der Waals surface area contributed by atoms with Crippen molar-refractivity contribution in [2.45, 2.75) is 5.41 Å². The number of hydrogen-bond acceptors (Lipinski definition) is 7. The molecule has 7 nitrogen and oxygen atoms in total. The van der Waals surface area contributed by atoms with E-state index in [1.54, 1.807) is 67.8 Å². The molecule has 0 amide bonds. The first-order valence-corrected chi connectivity index (χ1v) is 10.3. The number of ether oxygens (including phenoxy) is 4. The number of hydrogen-bond donors (Lipinski definition) is 0. The molecule has 0 fully saturated rings. The van der Waals surface area contributed by atoms with Crippen molar-refractivity contribution < 1.29 is 33.3 Å². The molecule has 2 heterocycles. The van der Waals surface area contributed by atoms with E-state index >= 15 is 0 Å². The van der Waals surface area contributed by atoms with E-state index in [0.717, 1.165) is 0 Å². The van der Waals surface area contributed by atoms with Gasteiger partial charge in [-0.3, -0.25) is 4.79 Å². The quantitative estimate of drug-likeness (QED) is 0.553. The summed E-state index contributed by atoms with van der Waals surface area (Å²) in [6.07, 6.45) is 0. The van der Waals surface area contributed by atoms with E-state index in [-0.39, 0.29) is 25.0 Å². The van der Waals surface area contributed by atoms with Crippen LogP contribution in [0.15, 0.2) is 72.8 Å². The van der Waals surface area contributed by atoms with Gasteiger partial charge in [0.2, 0.25) is 0 Å². The monoisotopic (exact) mass is 446 g/mol. The van der Waals surface area contributed by atoms with Crippen molar-refractivity contribution >= 4 is 17.7 Å². The van der Waals surface area contributed by atoms with Crippen molar-refractivity contribution in [2.75, 3.05) is 27.4 Å². The molecular weight excluding hydrogens is 424 g/mol. The molecule has 3 aromatic rings. The third kappa shape index (κ3) is 4.05. The van der Waals surface area contributed by atoms with Crippen molar-refractivity contribution in [3.8, 4) is 11.5 Å². The third-order valence-electron chi connectivity index (χ3n) is 5.65. The lowest BCUT2D eigenvalue weighted by Gasteiger charge is -2.39. The number of Topliss-reactive ketones (excluding diaryl/α,β-unsaturated/α-hetero) is 1. The van der Waals surface area contributed by atoms with Crippen LogP contribution >= 0.6 is 0 Å². The SMILES string of the molecule is COC(=O)c1ccccc1.COc1ccc2c(c1)OCC1(COC(=O)c3ccccc31)C2=O. The molecule has 33 heavy (non-hydrogen) atoms. The second kappa shape index (κ2) is 9.16. The lowest BCUT2D eigenvalue weighted by molar-refractivity contribution is 0.0236. The Morgan fingerprint density at radius 1 is 0.848 bits per heavy atom. The smallest absolute Gasteiger partial charge is 0.338 e. The van der Waals surface area contributed by atoms with Crippen molar-refractivity contribution in [1.29, 1.82) is 0 Å². The van der Waals surface area contributed by atoms with Crippen LogP contribution in [0.1, 0.15) is 36.6 Å². The fourth-order valence-corrected chi connectivity index (χ4v) is 3.88. The molecule has 2 aliphatic rings. The molecule has 1 unspecified atom stereocenters. The van der Waals surface area contributed by atoms with Crippen molar-refractivity contribution in [2.24, 2.45) is 0 Å². The van der Waals surface area contributed by atoms with Crippen LogP contribution in [-0.2, 0) is 14.9 Å². The summed E-state index contributed by atoms with van der Waals surface area (Å²) in [6, 6.07) is 21.0. The van der Waals surface area contributed by atoms with Gasteiger partial charge in [0, 0.05) is 6.07 Å². The highest BCUT2D eigenvalue weighted by Gasteiger charge is 2.51. The maximum atomic E-state index is 13.2. The third-order valence-corrected chi connectivity index (χ3v) is 5.65. The molecular formula is C26H22O7. The largest absolute Gasteiger partial charge is 0.497 e. The average Bonchev–Trinajstić information content (AvgIpc) is 2.88. The number of fused-ring (bicyclic) bond motifs is 3. The van der Waals surface area contributed by atoms with Crippen LogP contribution in [0.5, 0.6) is 11.5 Å². The van der Waals surface area contributed by atoms with Crippen LogP contribution in [0.3, 0.4) is 0 Å². The van der Waals surface area contributed by atoms with Crippen LogP contribution in [0.4, 0.5) is 0 Å². The Morgan fingerprint density at radius 3 is 2.27 bits per heavy atom. The maximum absolute atomic E-state index is 13.2. The zero-order chi connectivity index (χ0) is 23.4. The topological polar surface area (TPSA) is 88.1 Å². The zero-order valence-electron chi connectivity index (χ0n) is 18.2. The van der Waals surface area contributed by atoms with E-state index in [2.05, 4.69) is 4.74 Å². The number of ketones is 1. The number of carbonyl (C=O) groups excluding carboxylic acids is 3. The van der Waals surface area contributed by atoms with Gasteiger partial charge < -0.3 is 18.9 Å². The summed E-state index contributed by atoms with van der Waals surface area (Å²) in [5.74, 6) is 0.332.